The molecule has 3 aromatic rings. The van der Waals surface area contributed by atoms with Crippen molar-refractivity contribution in [1.82, 2.24) is 5.32 Å². The maximum Gasteiger partial charge on any atom is 0.224 e. The van der Waals surface area contributed by atoms with E-state index in [9.17, 15) is 9.59 Å². The Balaban J connectivity index is 1.30. The molecule has 1 heterocycles. The van der Waals surface area contributed by atoms with E-state index in [1.807, 2.05) is 48.5 Å². The Labute approximate surface area is 202 Å². The average Bonchev–Trinajstić information content (AvgIpc) is 2.89. The minimum Gasteiger partial charge on any atom is -0.326 e. The molecule has 0 saturated carbocycles. The van der Waals surface area contributed by atoms with Gasteiger partial charge in [-0.05, 0) is 66.6 Å². The van der Waals surface area contributed by atoms with Crippen LogP contribution in [0.5, 0.6) is 0 Å². The SMILES string of the molecule is C=Cc1ccc(C2CCNCC2)cc1NC(=O)CCCC(=O)c1ccc(-c2ccccc2)cc1. The summed E-state index contributed by atoms with van der Waals surface area (Å²) in [6, 6.07) is 24.0. The Morgan fingerprint density at radius 1 is 0.912 bits per heavy atom. The van der Waals surface area contributed by atoms with Crippen molar-refractivity contribution in [2.24, 2.45) is 0 Å². The number of carbonyl (C=O) groups is 2. The third-order valence-electron chi connectivity index (χ3n) is 6.50. The van der Waals surface area contributed by atoms with Crippen LogP contribution in [0.25, 0.3) is 17.2 Å². The molecule has 0 spiro atoms. The van der Waals surface area contributed by atoms with Crippen LogP contribution >= 0.6 is 0 Å². The van der Waals surface area contributed by atoms with Gasteiger partial charge in [-0.15, -0.1) is 0 Å². The van der Waals surface area contributed by atoms with Gasteiger partial charge in [-0.25, -0.2) is 0 Å². The van der Waals surface area contributed by atoms with Crippen LogP contribution < -0.4 is 10.6 Å². The number of ketones is 1. The summed E-state index contributed by atoms with van der Waals surface area (Å²) >= 11 is 0. The Bertz CT molecular complexity index is 1130. The molecule has 0 unspecified atom stereocenters. The number of amides is 1. The second kappa shape index (κ2) is 11.6. The standard InChI is InChI=1S/C30H32N2O2/c1-2-22-11-16-27(25-17-19-31-20-18-25)21-28(22)32-30(34)10-6-9-29(33)26-14-12-24(13-15-26)23-7-4-3-5-8-23/h2-5,7-8,11-16,21,25,31H,1,6,9-10,17-20H2,(H,32,34). The van der Waals surface area contributed by atoms with Crippen LogP contribution in [0.4, 0.5) is 5.69 Å². The molecule has 1 amide bonds. The first kappa shape index (κ1) is 23.7. The van der Waals surface area contributed by atoms with Crippen molar-refractivity contribution in [2.45, 2.75) is 38.0 Å². The molecule has 0 aromatic heterocycles. The van der Waals surface area contributed by atoms with Gasteiger partial charge < -0.3 is 10.6 Å². The van der Waals surface area contributed by atoms with Gasteiger partial charge in [0.25, 0.3) is 0 Å². The summed E-state index contributed by atoms with van der Waals surface area (Å²) in [5, 5.41) is 6.44. The molecule has 1 fully saturated rings. The molecular weight excluding hydrogens is 420 g/mol. The van der Waals surface area contributed by atoms with Crippen molar-refractivity contribution < 1.29 is 9.59 Å². The number of carbonyl (C=O) groups excluding carboxylic acids is 2. The number of rotatable bonds is 9. The van der Waals surface area contributed by atoms with Crippen molar-refractivity contribution in [3.05, 3.63) is 96.1 Å². The van der Waals surface area contributed by atoms with Gasteiger partial charge >= 0.3 is 0 Å². The lowest BCUT2D eigenvalue weighted by molar-refractivity contribution is -0.116. The summed E-state index contributed by atoms with van der Waals surface area (Å²) in [4.78, 5) is 25.2. The first-order valence-corrected chi connectivity index (χ1v) is 12.1. The molecule has 4 rings (SSSR count). The number of nitrogens with one attached hydrogen (secondary N) is 2. The highest BCUT2D eigenvalue weighted by molar-refractivity contribution is 5.97. The van der Waals surface area contributed by atoms with Gasteiger partial charge in [0, 0.05) is 24.1 Å². The van der Waals surface area contributed by atoms with Gasteiger partial charge in [0.05, 0.1) is 0 Å². The summed E-state index contributed by atoms with van der Waals surface area (Å²) < 4.78 is 0. The third-order valence-corrected chi connectivity index (χ3v) is 6.50. The highest BCUT2D eigenvalue weighted by atomic mass is 16.1. The molecule has 2 N–H and O–H groups in total. The van der Waals surface area contributed by atoms with Crippen LogP contribution in [0, 0.1) is 0 Å². The molecule has 3 aromatic carbocycles. The third kappa shape index (κ3) is 6.09. The Kier molecular flexibility index (Phi) is 8.05. The van der Waals surface area contributed by atoms with Crippen LogP contribution in [-0.2, 0) is 4.79 Å². The van der Waals surface area contributed by atoms with E-state index in [1.165, 1.54) is 5.56 Å². The fourth-order valence-electron chi connectivity index (χ4n) is 4.52. The molecule has 0 aliphatic carbocycles. The average molecular weight is 453 g/mol. The fraction of sp³-hybridized carbons (Fsp3) is 0.267. The van der Waals surface area contributed by atoms with E-state index in [0.717, 1.165) is 48.3 Å². The quantitative estimate of drug-likeness (QED) is 0.367. The van der Waals surface area contributed by atoms with Gasteiger partial charge in [-0.1, -0.05) is 79.4 Å². The smallest absolute Gasteiger partial charge is 0.224 e. The minimum absolute atomic E-state index is 0.0621. The zero-order valence-electron chi connectivity index (χ0n) is 19.6. The summed E-state index contributed by atoms with van der Waals surface area (Å²) in [5.74, 6) is 0.506. The molecule has 1 aliphatic rings. The van der Waals surface area contributed by atoms with Gasteiger partial charge in [0.1, 0.15) is 0 Å². The Hall–Kier alpha value is -3.50. The van der Waals surface area contributed by atoms with Gasteiger partial charge in [0.15, 0.2) is 5.78 Å². The minimum atomic E-state index is -0.0715. The lowest BCUT2D eigenvalue weighted by atomic mass is 9.89. The van der Waals surface area contributed by atoms with Gasteiger partial charge in [-0.3, -0.25) is 9.59 Å². The van der Waals surface area contributed by atoms with E-state index in [-0.39, 0.29) is 11.7 Å². The predicted octanol–water partition coefficient (Wildman–Crippen LogP) is 6.46. The molecule has 1 saturated heterocycles. The maximum atomic E-state index is 12.6. The van der Waals surface area contributed by atoms with Crippen LogP contribution in [0.2, 0.25) is 0 Å². The number of hydrogen-bond donors (Lipinski definition) is 2. The summed E-state index contributed by atoms with van der Waals surface area (Å²) in [6.07, 6.45) is 5.15. The molecule has 0 bridgehead atoms. The predicted molar refractivity (Wildman–Crippen MR) is 140 cm³/mol. The summed E-state index contributed by atoms with van der Waals surface area (Å²) in [5.41, 5.74) is 5.88. The molecule has 4 heteroatoms. The topological polar surface area (TPSA) is 58.2 Å². The van der Waals surface area contributed by atoms with Crippen LogP contribution in [-0.4, -0.2) is 24.8 Å². The maximum absolute atomic E-state index is 12.6. The van der Waals surface area contributed by atoms with Crippen molar-refractivity contribution in [3.63, 3.8) is 0 Å². The lowest BCUT2D eigenvalue weighted by Gasteiger charge is -2.24. The van der Waals surface area contributed by atoms with E-state index in [2.05, 4.69) is 41.5 Å². The number of Topliss-reactive ketones (excluding diaryl/α,β-unsaturated/α-hetero) is 1. The number of anilines is 1. The zero-order chi connectivity index (χ0) is 23.8. The number of hydrogen-bond acceptors (Lipinski definition) is 3. The first-order chi connectivity index (χ1) is 16.6. The molecule has 174 valence electrons. The highest BCUT2D eigenvalue weighted by Gasteiger charge is 2.17. The summed E-state index contributed by atoms with van der Waals surface area (Å²) in [7, 11) is 0. The number of benzene rings is 3. The second-order valence-electron chi connectivity index (χ2n) is 8.84. The van der Waals surface area contributed by atoms with E-state index in [1.54, 1.807) is 6.08 Å². The van der Waals surface area contributed by atoms with Crippen LogP contribution in [0.3, 0.4) is 0 Å². The monoisotopic (exact) mass is 452 g/mol. The highest BCUT2D eigenvalue weighted by Crippen LogP contribution is 2.29. The molecule has 0 atom stereocenters. The van der Waals surface area contributed by atoms with Crippen molar-refractivity contribution >= 4 is 23.5 Å². The van der Waals surface area contributed by atoms with Crippen molar-refractivity contribution in [2.75, 3.05) is 18.4 Å². The largest absolute Gasteiger partial charge is 0.326 e. The Morgan fingerprint density at radius 3 is 2.32 bits per heavy atom. The first-order valence-electron chi connectivity index (χ1n) is 12.1. The van der Waals surface area contributed by atoms with Crippen molar-refractivity contribution in [3.8, 4) is 11.1 Å². The molecule has 4 nitrogen and oxygen atoms in total. The zero-order valence-corrected chi connectivity index (χ0v) is 19.6. The van der Waals surface area contributed by atoms with Crippen molar-refractivity contribution in [1.29, 1.82) is 0 Å². The van der Waals surface area contributed by atoms with E-state index in [4.69, 9.17) is 0 Å². The van der Waals surface area contributed by atoms with Gasteiger partial charge in [-0.2, -0.15) is 0 Å². The number of piperidine rings is 1. The second-order valence-corrected chi connectivity index (χ2v) is 8.84. The Morgan fingerprint density at radius 2 is 1.62 bits per heavy atom. The molecule has 0 radical (unpaired) electrons. The summed E-state index contributed by atoms with van der Waals surface area (Å²) in [6.45, 7) is 5.93. The fourth-order valence-corrected chi connectivity index (χ4v) is 4.52. The molecule has 1 aliphatic heterocycles. The van der Waals surface area contributed by atoms with E-state index in [0.29, 0.717) is 30.7 Å². The normalized spacial score (nSPS) is 13.9. The van der Waals surface area contributed by atoms with Crippen LogP contribution in [0.1, 0.15) is 59.5 Å². The van der Waals surface area contributed by atoms with E-state index >= 15 is 0 Å². The lowest BCUT2D eigenvalue weighted by Crippen LogP contribution is -2.26. The van der Waals surface area contributed by atoms with Gasteiger partial charge in [0.2, 0.25) is 5.91 Å². The van der Waals surface area contributed by atoms with Crippen LogP contribution in [0.15, 0.2) is 79.4 Å². The molecule has 34 heavy (non-hydrogen) atoms. The van der Waals surface area contributed by atoms with E-state index < -0.39 is 0 Å². The molecular formula is C30H32N2O2.